The molecule has 0 radical (unpaired) electrons. The largest absolute Gasteiger partial charge is 0.349 e. The molecular weight excluding hydrogens is 402 g/mol. The number of amides is 3. The Hall–Kier alpha value is -2.70. The molecule has 0 aliphatic carbocycles. The van der Waals surface area contributed by atoms with Crippen molar-refractivity contribution < 1.29 is 14.4 Å². The lowest BCUT2D eigenvalue weighted by Crippen LogP contribution is -2.46. The summed E-state index contributed by atoms with van der Waals surface area (Å²) in [5.74, 6) is -0.818. The molecule has 2 unspecified atom stereocenters. The molecular formula is C23H26ClN3O3. The zero-order chi connectivity index (χ0) is 20.4. The average Bonchev–Trinajstić information content (AvgIpc) is 2.97. The molecule has 158 valence electrons. The number of piperidine rings is 1. The molecule has 4 rings (SSSR count). The predicted octanol–water partition coefficient (Wildman–Crippen LogP) is 2.82. The van der Waals surface area contributed by atoms with E-state index in [4.69, 9.17) is 0 Å². The highest BCUT2D eigenvalue weighted by atomic mass is 35.5. The summed E-state index contributed by atoms with van der Waals surface area (Å²) in [7, 11) is 0. The Balaban J connectivity index is 0.00000256. The number of nitrogens with zero attached hydrogens (tertiary/aromatic N) is 1. The number of carbonyl (C=O) groups is 3. The van der Waals surface area contributed by atoms with Gasteiger partial charge in [0.15, 0.2) is 0 Å². The van der Waals surface area contributed by atoms with Gasteiger partial charge in [-0.25, -0.2) is 0 Å². The average molecular weight is 428 g/mol. The van der Waals surface area contributed by atoms with Gasteiger partial charge in [0.25, 0.3) is 17.7 Å². The summed E-state index contributed by atoms with van der Waals surface area (Å²) in [6, 6.07) is 15.0. The van der Waals surface area contributed by atoms with Crippen LogP contribution >= 0.6 is 12.4 Å². The quantitative estimate of drug-likeness (QED) is 0.719. The standard InChI is InChI=1S/C23H25N3O3.ClH/c1-15-13-18(9-11-24-15)25-21(27)17-7-8-19-20(14-17)23(29)26(22(19)28)12-10-16-5-3-2-4-6-16;/h2-8,14-15,18,24H,9-13H2,1H3,(H,25,27);1H. The van der Waals surface area contributed by atoms with Crippen LogP contribution in [0.5, 0.6) is 0 Å². The molecule has 2 aliphatic rings. The summed E-state index contributed by atoms with van der Waals surface area (Å²) in [6.07, 6.45) is 2.36. The van der Waals surface area contributed by atoms with Gasteiger partial charge in [0.1, 0.15) is 0 Å². The first-order valence-corrected chi connectivity index (χ1v) is 10.1. The fourth-order valence-electron chi connectivity index (χ4n) is 4.05. The number of hydrogen-bond acceptors (Lipinski definition) is 4. The number of carbonyl (C=O) groups excluding carboxylic acids is 3. The van der Waals surface area contributed by atoms with Crippen LogP contribution in [0.4, 0.5) is 0 Å². The molecule has 7 heteroatoms. The first-order chi connectivity index (χ1) is 14.0. The van der Waals surface area contributed by atoms with Gasteiger partial charge in [-0.15, -0.1) is 12.4 Å². The van der Waals surface area contributed by atoms with E-state index in [-0.39, 0.29) is 36.2 Å². The van der Waals surface area contributed by atoms with Gasteiger partial charge in [-0.1, -0.05) is 30.3 Å². The number of imide groups is 1. The molecule has 2 aromatic rings. The normalized spacial score (nSPS) is 20.5. The van der Waals surface area contributed by atoms with Gasteiger partial charge >= 0.3 is 0 Å². The molecule has 2 atom stereocenters. The maximum absolute atomic E-state index is 12.8. The highest BCUT2D eigenvalue weighted by Gasteiger charge is 2.35. The van der Waals surface area contributed by atoms with E-state index in [1.807, 2.05) is 30.3 Å². The van der Waals surface area contributed by atoms with Gasteiger partial charge < -0.3 is 10.6 Å². The van der Waals surface area contributed by atoms with Crippen molar-refractivity contribution >= 4 is 30.1 Å². The van der Waals surface area contributed by atoms with Crippen LogP contribution in [0.2, 0.25) is 0 Å². The Morgan fingerprint density at radius 1 is 1.10 bits per heavy atom. The van der Waals surface area contributed by atoms with Crippen molar-refractivity contribution in [2.24, 2.45) is 0 Å². The lowest BCUT2D eigenvalue weighted by Gasteiger charge is -2.28. The smallest absolute Gasteiger partial charge is 0.261 e. The van der Waals surface area contributed by atoms with Crippen LogP contribution in [0.15, 0.2) is 48.5 Å². The minimum absolute atomic E-state index is 0. The molecule has 1 fully saturated rings. The number of halogens is 1. The van der Waals surface area contributed by atoms with Crippen molar-refractivity contribution in [1.29, 1.82) is 0 Å². The van der Waals surface area contributed by atoms with E-state index < -0.39 is 0 Å². The van der Waals surface area contributed by atoms with E-state index in [1.165, 1.54) is 4.90 Å². The Morgan fingerprint density at radius 2 is 1.83 bits per heavy atom. The molecule has 2 aliphatic heterocycles. The molecule has 0 spiro atoms. The number of nitrogens with one attached hydrogen (secondary N) is 2. The molecule has 3 amide bonds. The fourth-order valence-corrected chi connectivity index (χ4v) is 4.05. The van der Waals surface area contributed by atoms with Gasteiger partial charge in [0, 0.05) is 24.2 Å². The molecule has 30 heavy (non-hydrogen) atoms. The molecule has 0 aromatic heterocycles. The Kier molecular flexibility index (Phi) is 6.90. The lowest BCUT2D eigenvalue weighted by atomic mass is 9.99. The summed E-state index contributed by atoms with van der Waals surface area (Å²) in [4.78, 5) is 39.4. The maximum atomic E-state index is 12.8. The zero-order valence-corrected chi connectivity index (χ0v) is 17.7. The van der Waals surface area contributed by atoms with E-state index in [9.17, 15) is 14.4 Å². The van der Waals surface area contributed by atoms with Crippen molar-refractivity contribution in [1.82, 2.24) is 15.5 Å². The second-order valence-electron chi connectivity index (χ2n) is 7.81. The highest BCUT2D eigenvalue weighted by molar-refractivity contribution is 6.22. The van der Waals surface area contributed by atoms with Crippen LogP contribution in [0.25, 0.3) is 0 Å². The van der Waals surface area contributed by atoms with Crippen molar-refractivity contribution in [3.63, 3.8) is 0 Å². The molecule has 0 saturated carbocycles. The van der Waals surface area contributed by atoms with Gasteiger partial charge in [-0.3, -0.25) is 19.3 Å². The first kappa shape index (κ1) is 22.0. The zero-order valence-electron chi connectivity index (χ0n) is 16.9. The second kappa shape index (κ2) is 9.41. The van der Waals surface area contributed by atoms with Crippen LogP contribution in [0.3, 0.4) is 0 Å². The lowest BCUT2D eigenvalue weighted by molar-refractivity contribution is 0.0656. The second-order valence-corrected chi connectivity index (χ2v) is 7.81. The minimum atomic E-state index is -0.328. The number of hydrogen-bond donors (Lipinski definition) is 2. The molecule has 1 saturated heterocycles. The first-order valence-electron chi connectivity index (χ1n) is 10.1. The Labute approximate surface area is 182 Å². The van der Waals surface area contributed by atoms with Crippen LogP contribution < -0.4 is 10.6 Å². The van der Waals surface area contributed by atoms with Gasteiger partial charge in [-0.05, 0) is 56.5 Å². The fraction of sp³-hybridized carbons (Fsp3) is 0.348. The summed E-state index contributed by atoms with van der Waals surface area (Å²) < 4.78 is 0. The van der Waals surface area contributed by atoms with Crippen molar-refractivity contribution in [2.45, 2.75) is 38.3 Å². The van der Waals surface area contributed by atoms with Gasteiger partial charge in [0.2, 0.25) is 0 Å². The predicted molar refractivity (Wildman–Crippen MR) is 117 cm³/mol. The molecule has 2 heterocycles. The summed E-state index contributed by atoms with van der Waals surface area (Å²) in [5, 5.41) is 6.41. The summed E-state index contributed by atoms with van der Waals surface area (Å²) in [6.45, 7) is 3.30. The van der Waals surface area contributed by atoms with E-state index in [1.54, 1.807) is 18.2 Å². The van der Waals surface area contributed by atoms with Gasteiger partial charge in [-0.2, -0.15) is 0 Å². The third kappa shape index (κ3) is 4.55. The number of fused-ring (bicyclic) bond motifs is 1. The van der Waals surface area contributed by atoms with Crippen LogP contribution in [0.1, 0.15) is 56.4 Å². The van der Waals surface area contributed by atoms with E-state index in [0.717, 1.165) is 24.9 Å². The number of rotatable bonds is 5. The van der Waals surface area contributed by atoms with Crippen LogP contribution in [-0.2, 0) is 6.42 Å². The number of benzene rings is 2. The van der Waals surface area contributed by atoms with Crippen molar-refractivity contribution in [3.05, 3.63) is 70.8 Å². The third-order valence-corrected chi connectivity index (χ3v) is 5.66. The van der Waals surface area contributed by atoms with Gasteiger partial charge in [0.05, 0.1) is 11.1 Å². The minimum Gasteiger partial charge on any atom is -0.349 e. The molecule has 2 aromatic carbocycles. The van der Waals surface area contributed by atoms with Crippen LogP contribution in [-0.4, -0.2) is 47.8 Å². The SMILES string of the molecule is CC1CC(NC(=O)c2ccc3c(c2)C(=O)N(CCc2ccccc2)C3=O)CCN1.Cl. The van der Waals surface area contributed by atoms with Crippen molar-refractivity contribution in [3.8, 4) is 0 Å². The third-order valence-electron chi connectivity index (χ3n) is 5.66. The Morgan fingerprint density at radius 3 is 2.57 bits per heavy atom. The monoisotopic (exact) mass is 427 g/mol. The van der Waals surface area contributed by atoms with E-state index in [0.29, 0.717) is 35.7 Å². The molecule has 6 nitrogen and oxygen atoms in total. The highest BCUT2D eigenvalue weighted by Crippen LogP contribution is 2.24. The molecule has 2 N–H and O–H groups in total. The van der Waals surface area contributed by atoms with E-state index in [2.05, 4.69) is 17.6 Å². The van der Waals surface area contributed by atoms with Crippen molar-refractivity contribution in [2.75, 3.05) is 13.1 Å². The summed E-state index contributed by atoms with van der Waals surface area (Å²) >= 11 is 0. The Bertz CT molecular complexity index is 948. The maximum Gasteiger partial charge on any atom is 0.261 e. The van der Waals surface area contributed by atoms with Crippen LogP contribution in [0, 0.1) is 0 Å². The topological polar surface area (TPSA) is 78.5 Å². The molecule has 0 bridgehead atoms. The van der Waals surface area contributed by atoms with E-state index >= 15 is 0 Å². The summed E-state index contributed by atoms with van der Waals surface area (Å²) in [5.41, 5.74) is 2.17.